The largest absolute Gasteiger partial charge is 0.313 e. The van der Waals surface area contributed by atoms with Crippen LogP contribution in [0.3, 0.4) is 0 Å². The van der Waals surface area contributed by atoms with Crippen LogP contribution in [0.25, 0.3) is 0 Å². The standard InChI is InChI=1S/C14H21NO/c1-10(2)12-5-7-13(8-6-12)14(15-4)9-11(3)16/h5-8,10,14-15H,9H2,1-4H3. The highest BCUT2D eigenvalue weighted by atomic mass is 16.1. The highest BCUT2D eigenvalue weighted by Gasteiger charge is 2.11. The summed E-state index contributed by atoms with van der Waals surface area (Å²) in [5, 5.41) is 3.18. The maximum atomic E-state index is 11.1. The molecule has 1 unspecified atom stereocenters. The highest BCUT2D eigenvalue weighted by molar-refractivity contribution is 5.76. The second kappa shape index (κ2) is 5.80. The van der Waals surface area contributed by atoms with Gasteiger partial charge in [-0.15, -0.1) is 0 Å². The summed E-state index contributed by atoms with van der Waals surface area (Å²) in [7, 11) is 1.89. The molecule has 2 heteroatoms. The summed E-state index contributed by atoms with van der Waals surface area (Å²) in [6.45, 7) is 5.99. The van der Waals surface area contributed by atoms with Crippen LogP contribution in [-0.2, 0) is 4.79 Å². The number of nitrogens with one attached hydrogen (secondary N) is 1. The van der Waals surface area contributed by atoms with Crippen molar-refractivity contribution in [3.05, 3.63) is 35.4 Å². The topological polar surface area (TPSA) is 29.1 Å². The minimum Gasteiger partial charge on any atom is -0.313 e. The smallest absolute Gasteiger partial charge is 0.131 e. The van der Waals surface area contributed by atoms with Gasteiger partial charge >= 0.3 is 0 Å². The molecule has 0 radical (unpaired) electrons. The van der Waals surface area contributed by atoms with E-state index in [2.05, 4.69) is 43.4 Å². The van der Waals surface area contributed by atoms with Crippen LogP contribution < -0.4 is 5.32 Å². The van der Waals surface area contributed by atoms with Gasteiger partial charge in [0.2, 0.25) is 0 Å². The third-order valence-electron chi connectivity index (χ3n) is 2.85. The van der Waals surface area contributed by atoms with E-state index in [9.17, 15) is 4.79 Å². The molecule has 0 fully saturated rings. The van der Waals surface area contributed by atoms with E-state index in [4.69, 9.17) is 0 Å². The number of hydrogen-bond donors (Lipinski definition) is 1. The van der Waals surface area contributed by atoms with Crippen molar-refractivity contribution >= 4 is 5.78 Å². The van der Waals surface area contributed by atoms with E-state index < -0.39 is 0 Å². The molecule has 0 saturated heterocycles. The summed E-state index contributed by atoms with van der Waals surface area (Å²) in [4.78, 5) is 11.1. The van der Waals surface area contributed by atoms with Gasteiger partial charge in [0.1, 0.15) is 5.78 Å². The van der Waals surface area contributed by atoms with Gasteiger partial charge in [0, 0.05) is 12.5 Å². The normalized spacial score (nSPS) is 12.8. The molecular weight excluding hydrogens is 198 g/mol. The van der Waals surface area contributed by atoms with Crippen LogP contribution in [0.5, 0.6) is 0 Å². The van der Waals surface area contributed by atoms with Crippen LogP contribution in [0, 0.1) is 0 Å². The molecule has 2 nitrogen and oxygen atoms in total. The predicted octanol–water partition coefficient (Wildman–Crippen LogP) is 3.05. The molecule has 1 aromatic rings. The van der Waals surface area contributed by atoms with E-state index in [1.165, 1.54) is 11.1 Å². The van der Waals surface area contributed by atoms with E-state index in [1.807, 2.05) is 7.05 Å². The van der Waals surface area contributed by atoms with E-state index in [0.717, 1.165) is 0 Å². The van der Waals surface area contributed by atoms with Gasteiger partial charge in [-0.05, 0) is 31.0 Å². The zero-order valence-corrected chi connectivity index (χ0v) is 10.6. The minimum atomic E-state index is 0.138. The summed E-state index contributed by atoms with van der Waals surface area (Å²) in [6.07, 6.45) is 0.553. The maximum absolute atomic E-state index is 11.1. The molecule has 0 spiro atoms. The first-order valence-corrected chi connectivity index (χ1v) is 5.81. The van der Waals surface area contributed by atoms with Gasteiger partial charge in [-0.25, -0.2) is 0 Å². The third-order valence-corrected chi connectivity index (χ3v) is 2.85. The predicted molar refractivity (Wildman–Crippen MR) is 67.6 cm³/mol. The van der Waals surface area contributed by atoms with Crippen LogP contribution in [0.2, 0.25) is 0 Å². The Morgan fingerprint density at radius 1 is 1.19 bits per heavy atom. The number of hydrogen-bond acceptors (Lipinski definition) is 2. The molecule has 0 bridgehead atoms. The molecule has 0 aromatic heterocycles. The average molecular weight is 219 g/mol. The van der Waals surface area contributed by atoms with Crippen molar-refractivity contribution in [3.8, 4) is 0 Å². The van der Waals surface area contributed by atoms with Crippen molar-refractivity contribution in [2.45, 2.75) is 39.2 Å². The Kier molecular flexibility index (Phi) is 4.69. The highest BCUT2D eigenvalue weighted by Crippen LogP contribution is 2.20. The number of benzene rings is 1. The first-order chi connectivity index (χ1) is 7.54. The second-order valence-corrected chi connectivity index (χ2v) is 4.57. The fourth-order valence-corrected chi connectivity index (χ4v) is 1.79. The Morgan fingerprint density at radius 3 is 2.06 bits per heavy atom. The molecule has 1 atom stereocenters. The summed E-state index contributed by atoms with van der Waals surface area (Å²) in [6, 6.07) is 8.65. The van der Waals surface area contributed by atoms with Gasteiger partial charge in [-0.1, -0.05) is 38.1 Å². The molecule has 1 N–H and O–H groups in total. The molecule has 0 aliphatic heterocycles. The van der Waals surface area contributed by atoms with Gasteiger partial charge in [0.25, 0.3) is 0 Å². The molecule has 0 amide bonds. The van der Waals surface area contributed by atoms with Crippen LogP contribution in [0.1, 0.15) is 50.3 Å². The first-order valence-electron chi connectivity index (χ1n) is 5.81. The SMILES string of the molecule is CNC(CC(C)=O)c1ccc(C(C)C)cc1. The van der Waals surface area contributed by atoms with Gasteiger partial charge in [-0.2, -0.15) is 0 Å². The van der Waals surface area contributed by atoms with E-state index in [1.54, 1.807) is 6.92 Å². The lowest BCUT2D eigenvalue weighted by Crippen LogP contribution is -2.18. The lowest BCUT2D eigenvalue weighted by molar-refractivity contribution is -0.117. The van der Waals surface area contributed by atoms with E-state index in [0.29, 0.717) is 12.3 Å². The quantitative estimate of drug-likeness (QED) is 0.824. The number of rotatable bonds is 5. The number of ketones is 1. The lowest BCUT2D eigenvalue weighted by atomic mass is 9.97. The summed E-state index contributed by atoms with van der Waals surface area (Å²) in [5.74, 6) is 0.766. The Labute approximate surface area is 98.1 Å². The Balaban J connectivity index is 2.82. The molecular formula is C14H21NO. The minimum absolute atomic E-state index is 0.138. The fourth-order valence-electron chi connectivity index (χ4n) is 1.79. The van der Waals surface area contributed by atoms with Crippen molar-refractivity contribution in [1.29, 1.82) is 0 Å². The fraction of sp³-hybridized carbons (Fsp3) is 0.500. The molecule has 0 aliphatic carbocycles. The van der Waals surface area contributed by atoms with Gasteiger partial charge in [0.15, 0.2) is 0 Å². The molecule has 0 heterocycles. The van der Waals surface area contributed by atoms with Crippen molar-refractivity contribution < 1.29 is 4.79 Å². The molecule has 88 valence electrons. The van der Waals surface area contributed by atoms with Crippen LogP contribution >= 0.6 is 0 Å². The Morgan fingerprint density at radius 2 is 1.69 bits per heavy atom. The van der Waals surface area contributed by atoms with Crippen LogP contribution in [-0.4, -0.2) is 12.8 Å². The van der Waals surface area contributed by atoms with E-state index >= 15 is 0 Å². The van der Waals surface area contributed by atoms with E-state index in [-0.39, 0.29) is 11.8 Å². The second-order valence-electron chi connectivity index (χ2n) is 4.57. The zero-order valence-electron chi connectivity index (χ0n) is 10.6. The lowest BCUT2D eigenvalue weighted by Gasteiger charge is -2.16. The molecule has 1 rings (SSSR count). The van der Waals surface area contributed by atoms with Crippen molar-refractivity contribution in [2.75, 3.05) is 7.05 Å². The number of carbonyl (C=O) groups is 1. The van der Waals surface area contributed by atoms with Crippen molar-refractivity contribution in [1.82, 2.24) is 5.32 Å². The monoisotopic (exact) mass is 219 g/mol. The molecule has 0 aliphatic rings. The Hall–Kier alpha value is -1.15. The third kappa shape index (κ3) is 3.46. The number of Topliss-reactive ketones (excluding diaryl/α,β-unsaturated/α-hetero) is 1. The zero-order chi connectivity index (χ0) is 12.1. The van der Waals surface area contributed by atoms with Gasteiger partial charge < -0.3 is 5.32 Å². The van der Waals surface area contributed by atoms with Crippen LogP contribution in [0.15, 0.2) is 24.3 Å². The molecule has 1 aromatic carbocycles. The Bertz CT molecular complexity index is 340. The summed E-state index contributed by atoms with van der Waals surface area (Å²) in [5.41, 5.74) is 2.52. The maximum Gasteiger partial charge on any atom is 0.131 e. The van der Waals surface area contributed by atoms with Crippen molar-refractivity contribution in [2.24, 2.45) is 0 Å². The first kappa shape index (κ1) is 12.9. The summed E-state index contributed by atoms with van der Waals surface area (Å²) < 4.78 is 0. The molecule has 0 saturated carbocycles. The molecule has 16 heavy (non-hydrogen) atoms. The average Bonchev–Trinajstić information content (AvgIpc) is 2.25. The summed E-state index contributed by atoms with van der Waals surface area (Å²) >= 11 is 0. The van der Waals surface area contributed by atoms with Gasteiger partial charge in [0.05, 0.1) is 0 Å². The van der Waals surface area contributed by atoms with Crippen LogP contribution in [0.4, 0.5) is 0 Å². The van der Waals surface area contributed by atoms with Crippen molar-refractivity contribution in [3.63, 3.8) is 0 Å². The number of carbonyl (C=O) groups excluding carboxylic acids is 1. The van der Waals surface area contributed by atoms with Gasteiger partial charge in [-0.3, -0.25) is 4.79 Å².